The molecular formula is C33H34F3N9O. The number of amides is 1. The molecule has 2 aromatic heterocycles. The summed E-state index contributed by atoms with van der Waals surface area (Å²) < 4.78 is 44.2. The third kappa shape index (κ3) is 6.65. The standard InChI is InChI=1S/C33H34F3N9O/c1-3-43-12-14-44(15-13-43)19-23-10-11-24(17-25(23)33(34,35)36)40-31(46)22-9-8-21(2)27(16-22)42-32-41-26-6-4-5-7-28(26)45(32)30-18-29(37)38-20-39-30/h4-11,16-18,20H,3,12-15,19H2,1-2H3,(H,40,46)(H,41,42)(H2,37,38,39). The monoisotopic (exact) mass is 629 g/mol. The van der Waals surface area contributed by atoms with Crippen LogP contribution in [0.3, 0.4) is 0 Å². The van der Waals surface area contributed by atoms with E-state index in [9.17, 15) is 18.0 Å². The number of benzene rings is 3. The summed E-state index contributed by atoms with van der Waals surface area (Å²) in [7, 11) is 0. The largest absolute Gasteiger partial charge is 0.416 e. The summed E-state index contributed by atoms with van der Waals surface area (Å²) in [6.45, 7) is 8.13. The van der Waals surface area contributed by atoms with Crippen LogP contribution in [-0.4, -0.2) is 67.9 Å². The highest BCUT2D eigenvalue weighted by molar-refractivity contribution is 6.05. The van der Waals surface area contributed by atoms with Gasteiger partial charge in [-0.1, -0.05) is 31.2 Å². The highest BCUT2D eigenvalue weighted by Gasteiger charge is 2.34. The molecule has 0 spiro atoms. The number of carbonyl (C=O) groups excluding carboxylic acids is 1. The van der Waals surface area contributed by atoms with E-state index in [0.29, 0.717) is 41.9 Å². The molecule has 0 saturated carbocycles. The number of hydrogen-bond acceptors (Lipinski definition) is 8. The SMILES string of the molecule is CCN1CCN(Cc2ccc(NC(=O)c3ccc(C)c(Nc4nc5ccccc5n4-c4cc(N)ncn4)c3)cc2C(F)(F)F)CC1. The average molecular weight is 630 g/mol. The van der Waals surface area contributed by atoms with Crippen molar-refractivity contribution in [1.29, 1.82) is 0 Å². The number of nitrogens with one attached hydrogen (secondary N) is 2. The average Bonchev–Trinajstić information content (AvgIpc) is 3.40. The molecule has 13 heteroatoms. The van der Waals surface area contributed by atoms with Crippen LogP contribution in [0.25, 0.3) is 16.9 Å². The first-order chi connectivity index (χ1) is 22.1. The fourth-order valence-electron chi connectivity index (χ4n) is 5.61. The van der Waals surface area contributed by atoms with E-state index in [-0.39, 0.29) is 23.4 Å². The quantitative estimate of drug-likeness (QED) is 0.196. The Morgan fingerprint density at radius 3 is 2.46 bits per heavy atom. The number of piperazine rings is 1. The first-order valence-corrected chi connectivity index (χ1v) is 15.0. The maximum absolute atomic E-state index is 14.1. The topological polar surface area (TPSA) is 117 Å². The zero-order valence-corrected chi connectivity index (χ0v) is 25.5. The van der Waals surface area contributed by atoms with Crippen molar-refractivity contribution in [3.8, 4) is 5.82 Å². The number of hydrogen-bond donors (Lipinski definition) is 3. The van der Waals surface area contributed by atoms with Crippen molar-refractivity contribution in [1.82, 2.24) is 29.3 Å². The summed E-state index contributed by atoms with van der Waals surface area (Å²) in [5.41, 5.74) is 8.58. The molecule has 1 fully saturated rings. The molecular weight excluding hydrogens is 595 g/mol. The van der Waals surface area contributed by atoms with Crippen LogP contribution in [-0.2, 0) is 12.7 Å². The number of aromatic nitrogens is 4. The van der Waals surface area contributed by atoms with Gasteiger partial charge in [0, 0.05) is 55.7 Å². The van der Waals surface area contributed by atoms with Gasteiger partial charge in [-0.15, -0.1) is 0 Å². The number of carbonyl (C=O) groups is 1. The Labute approximate surface area is 264 Å². The molecule has 6 rings (SSSR count). The third-order valence-electron chi connectivity index (χ3n) is 8.19. The van der Waals surface area contributed by atoms with Crippen LogP contribution >= 0.6 is 0 Å². The molecule has 0 unspecified atom stereocenters. The molecule has 10 nitrogen and oxygen atoms in total. The van der Waals surface area contributed by atoms with Gasteiger partial charge in [-0.3, -0.25) is 14.3 Å². The van der Waals surface area contributed by atoms with E-state index < -0.39 is 17.6 Å². The van der Waals surface area contributed by atoms with E-state index in [1.54, 1.807) is 28.8 Å². The van der Waals surface area contributed by atoms with Gasteiger partial charge in [0.05, 0.1) is 16.6 Å². The molecule has 0 aliphatic carbocycles. The number of nitrogens with two attached hydrogens (primary N) is 1. The second kappa shape index (κ2) is 12.8. The normalized spacial score (nSPS) is 14.5. The predicted molar refractivity (Wildman–Crippen MR) is 172 cm³/mol. The number of likely N-dealkylation sites (N-methyl/N-ethyl adjacent to an activating group) is 1. The molecule has 5 aromatic rings. The van der Waals surface area contributed by atoms with Crippen LogP contribution in [0, 0.1) is 6.92 Å². The van der Waals surface area contributed by atoms with Gasteiger partial charge in [-0.05, 0) is 61.0 Å². The zero-order valence-electron chi connectivity index (χ0n) is 25.5. The lowest BCUT2D eigenvalue weighted by Gasteiger charge is -2.34. The van der Waals surface area contributed by atoms with E-state index in [2.05, 4.69) is 32.4 Å². The van der Waals surface area contributed by atoms with Crippen LogP contribution in [0.5, 0.6) is 0 Å². The van der Waals surface area contributed by atoms with Crippen LogP contribution in [0.4, 0.5) is 36.3 Å². The molecule has 3 heterocycles. The molecule has 46 heavy (non-hydrogen) atoms. The van der Waals surface area contributed by atoms with Crippen molar-refractivity contribution in [2.45, 2.75) is 26.6 Å². The fraction of sp³-hybridized carbons (Fsp3) is 0.273. The summed E-state index contributed by atoms with van der Waals surface area (Å²) in [4.78, 5) is 30.7. The molecule has 1 aliphatic rings. The van der Waals surface area contributed by atoms with E-state index >= 15 is 0 Å². The Balaban J connectivity index is 1.24. The summed E-state index contributed by atoms with van der Waals surface area (Å²) >= 11 is 0. The molecule has 238 valence electrons. The van der Waals surface area contributed by atoms with Crippen LogP contribution in [0.1, 0.15) is 34.0 Å². The molecule has 0 atom stereocenters. The Morgan fingerprint density at radius 2 is 1.72 bits per heavy atom. The third-order valence-corrected chi connectivity index (χ3v) is 8.19. The molecule has 1 amide bonds. The van der Waals surface area contributed by atoms with E-state index in [1.807, 2.05) is 36.1 Å². The number of para-hydroxylation sites is 2. The smallest absolute Gasteiger partial charge is 0.384 e. The Hall–Kier alpha value is -5.01. The van der Waals surface area contributed by atoms with Crippen molar-refractivity contribution in [2.24, 2.45) is 0 Å². The number of imidazole rings is 1. The molecule has 1 saturated heterocycles. The Morgan fingerprint density at radius 1 is 0.957 bits per heavy atom. The number of halogens is 3. The number of alkyl halides is 3. The number of rotatable bonds is 8. The lowest BCUT2D eigenvalue weighted by atomic mass is 10.0. The van der Waals surface area contributed by atoms with Crippen LogP contribution in [0.15, 0.2) is 73.1 Å². The van der Waals surface area contributed by atoms with Gasteiger partial charge < -0.3 is 21.3 Å². The maximum atomic E-state index is 14.1. The number of fused-ring (bicyclic) bond motifs is 1. The number of aryl methyl sites for hydroxylation is 1. The van der Waals surface area contributed by atoms with Gasteiger partial charge in [0.1, 0.15) is 18.0 Å². The lowest BCUT2D eigenvalue weighted by Crippen LogP contribution is -2.45. The maximum Gasteiger partial charge on any atom is 0.416 e. The van der Waals surface area contributed by atoms with Crippen molar-refractivity contribution in [3.63, 3.8) is 0 Å². The van der Waals surface area contributed by atoms with Crippen LogP contribution < -0.4 is 16.4 Å². The molecule has 0 bridgehead atoms. The van der Waals surface area contributed by atoms with E-state index in [0.717, 1.165) is 36.8 Å². The van der Waals surface area contributed by atoms with Gasteiger partial charge in [0.2, 0.25) is 5.95 Å². The highest BCUT2D eigenvalue weighted by Crippen LogP contribution is 2.35. The van der Waals surface area contributed by atoms with Gasteiger partial charge in [0.25, 0.3) is 5.91 Å². The second-order valence-corrected chi connectivity index (χ2v) is 11.2. The highest BCUT2D eigenvalue weighted by atomic mass is 19.4. The Bertz CT molecular complexity index is 1880. The molecule has 1 aliphatic heterocycles. The molecule has 3 aromatic carbocycles. The van der Waals surface area contributed by atoms with Crippen molar-refractivity contribution < 1.29 is 18.0 Å². The Kier molecular flexibility index (Phi) is 8.61. The number of nitrogen functional groups attached to an aromatic ring is 1. The summed E-state index contributed by atoms with van der Waals surface area (Å²) in [5, 5.41) is 5.95. The van der Waals surface area contributed by atoms with Crippen molar-refractivity contribution in [2.75, 3.05) is 49.1 Å². The van der Waals surface area contributed by atoms with E-state index in [1.165, 1.54) is 18.5 Å². The van der Waals surface area contributed by atoms with Crippen molar-refractivity contribution in [3.05, 3.63) is 95.3 Å². The number of nitrogens with zero attached hydrogens (tertiary/aromatic N) is 6. The lowest BCUT2D eigenvalue weighted by molar-refractivity contribution is -0.138. The molecule has 0 radical (unpaired) electrons. The van der Waals surface area contributed by atoms with Crippen LogP contribution in [0.2, 0.25) is 0 Å². The van der Waals surface area contributed by atoms with Gasteiger partial charge >= 0.3 is 6.18 Å². The minimum atomic E-state index is -4.57. The minimum Gasteiger partial charge on any atom is -0.384 e. The minimum absolute atomic E-state index is 0.0649. The number of anilines is 4. The zero-order chi connectivity index (χ0) is 32.4. The van der Waals surface area contributed by atoms with E-state index in [4.69, 9.17) is 10.7 Å². The first kappa shape index (κ1) is 31.0. The second-order valence-electron chi connectivity index (χ2n) is 11.2. The molecule has 4 N–H and O–H groups in total. The predicted octanol–water partition coefficient (Wildman–Crippen LogP) is 5.86. The van der Waals surface area contributed by atoms with Gasteiger partial charge in [-0.2, -0.15) is 13.2 Å². The van der Waals surface area contributed by atoms with Gasteiger partial charge in [-0.25, -0.2) is 15.0 Å². The summed E-state index contributed by atoms with van der Waals surface area (Å²) in [6.07, 6.45) is -3.20. The summed E-state index contributed by atoms with van der Waals surface area (Å²) in [5.74, 6) is 0.681. The summed E-state index contributed by atoms with van der Waals surface area (Å²) in [6, 6.07) is 18.2. The van der Waals surface area contributed by atoms with Gasteiger partial charge in [0.15, 0.2) is 0 Å². The van der Waals surface area contributed by atoms with Crippen molar-refractivity contribution >= 4 is 40.1 Å². The first-order valence-electron chi connectivity index (χ1n) is 15.0. The fourth-order valence-corrected chi connectivity index (χ4v) is 5.61.